The number of hydrogen-bond acceptors (Lipinski definition) is 6. The normalized spacial score (nSPS) is 16.4. The number of morpholine rings is 1. The zero-order chi connectivity index (χ0) is 18.4. The molecule has 8 nitrogen and oxygen atoms in total. The summed E-state index contributed by atoms with van der Waals surface area (Å²) in [5.41, 5.74) is 2.28. The van der Waals surface area contributed by atoms with Crippen LogP contribution < -0.4 is 5.32 Å². The first-order chi connectivity index (χ1) is 12.6. The van der Waals surface area contributed by atoms with E-state index in [1.165, 1.54) is 0 Å². The summed E-state index contributed by atoms with van der Waals surface area (Å²) < 4.78 is 7.06. The fraction of sp³-hybridized carbons (Fsp3) is 0.556. The van der Waals surface area contributed by atoms with Crippen LogP contribution >= 0.6 is 0 Å². The minimum absolute atomic E-state index is 0.0321. The van der Waals surface area contributed by atoms with Gasteiger partial charge in [-0.25, -0.2) is 0 Å². The molecule has 3 heterocycles. The van der Waals surface area contributed by atoms with E-state index in [1.807, 2.05) is 32.0 Å². The number of hydrogen-bond donors (Lipinski definition) is 1. The molecule has 2 aromatic heterocycles. The third kappa shape index (κ3) is 5.34. The molecule has 0 bridgehead atoms. The van der Waals surface area contributed by atoms with Gasteiger partial charge in [-0.05, 0) is 26.0 Å². The van der Waals surface area contributed by atoms with Crippen LogP contribution in [0.15, 0.2) is 24.4 Å². The first-order valence-electron chi connectivity index (χ1n) is 9.04. The summed E-state index contributed by atoms with van der Waals surface area (Å²) in [6.07, 6.45) is 2.38. The van der Waals surface area contributed by atoms with Crippen molar-refractivity contribution in [3.63, 3.8) is 0 Å². The Hall–Kier alpha value is -2.32. The highest BCUT2D eigenvalue weighted by Crippen LogP contribution is 2.03. The lowest BCUT2D eigenvalue weighted by molar-refractivity contribution is 0.0359. The van der Waals surface area contributed by atoms with Crippen LogP contribution in [-0.4, -0.2) is 69.7 Å². The van der Waals surface area contributed by atoms with Crippen molar-refractivity contribution < 1.29 is 9.53 Å². The molecule has 0 aliphatic carbocycles. The third-order valence-corrected chi connectivity index (χ3v) is 4.36. The number of nitrogens with one attached hydrogen (secondary N) is 1. The summed E-state index contributed by atoms with van der Waals surface area (Å²) in [5, 5.41) is 11.0. The summed E-state index contributed by atoms with van der Waals surface area (Å²) in [4.78, 5) is 19.1. The fourth-order valence-corrected chi connectivity index (χ4v) is 2.96. The molecule has 1 fully saturated rings. The first-order valence-corrected chi connectivity index (χ1v) is 9.04. The van der Waals surface area contributed by atoms with Gasteiger partial charge in [0.05, 0.1) is 26.0 Å². The zero-order valence-electron chi connectivity index (χ0n) is 15.4. The van der Waals surface area contributed by atoms with Gasteiger partial charge in [0.2, 0.25) is 0 Å². The number of aromatic nitrogens is 4. The summed E-state index contributed by atoms with van der Waals surface area (Å²) in [6, 6.07) is 5.88. The van der Waals surface area contributed by atoms with Gasteiger partial charge in [-0.15, -0.1) is 5.10 Å². The Morgan fingerprint density at radius 1 is 1.31 bits per heavy atom. The molecule has 0 radical (unpaired) electrons. The number of amides is 1. The average molecular weight is 358 g/mol. The average Bonchev–Trinajstić information content (AvgIpc) is 3.10. The van der Waals surface area contributed by atoms with Crippen molar-refractivity contribution in [2.45, 2.75) is 32.9 Å². The van der Waals surface area contributed by atoms with Crippen molar-refractivity contribution in [2.24, 2.45) is 0 Å². The Morgan fingerprint density at radius 3 is 2.88 bits per heavy atom. The van der Waals surface area contributed by atoms with Crippen LogP contribution in [0.5, 0.6) is 0 Å². The lowest BCUT2D eigenvalue weighted by Crippen LogP contribution is -2.38. The molecule has 1 N–H and O–H groups in total. The van der Waals surface area contributed by atoms with E-state index in [9.17, 15) is 4.79 Å². The maximum Gasteiger partial charge on any atom is 0.273 e. The Kier molecular flexibility index (Phi) is 6.30. The van der Waals surface area contributed by atoms with Crippen molar-refractivity contribution in [3.05, 3.63) is 41.5 Å². The number of nitrogens with zero attached hydrogens (tertiary/aromatic N) is 5. The van der Waals surface area contributed by atoms with E-state index in [1.54, 1.807) is 10.9 Å². The number of ether oxygens (including phenoxy) is 1. The minimum atomic E-state index is -0.206. The van der Waals surface area contributed by atoms with Crippen LogP contribution in [0.2, 0.25) is 0 Å². The molecule has 0 spiro atoms. The van der Waals surface area contributed by atoms with Crippen LogP contribution in [0.1, 0.15) is 28.8 Å². The molecular formula is C18H26N6O2. The van der Waals surface area contributed by atoms with E-state index in [4.69, 9.17) is 4.74 Å². The monoisotopic (exact) mass is 358 g/mol. The summed E-state index contributed by atoms with van der Waals surface area (Å²) >= 11 is 0. The minimum Gasteiger partial charge on any atom is -0.379 e. The Morgan fingerprint density at radius 2 is 2.12 bits per heavy atom. The number of aryl methyl sites for hydroxylation is 1. The predicted molar refractivity (Wildman–Crippen MR) is 96.9 cm³/mol. The zero-order valence-corrected chi connectivity index (χ0v) is 15.4. The molecular weight excluding hydrogens is 332 g/mol. The van der Waals surface area contributed by atoms with Gasteiger partial charge < -0.3 is 10.1 Å². The van der Waals surface area contributed by atoms with E-state index in [2.05, 4.69) is 25.5 Å². The molecule has 1 amide bonds. The molecule has 0 saturated carbocycles. The van der Waals surface area contributed by atoms with Crippen molar-refractivity contribution in [1.29, 1.82) is 0 Å². The van der Waals surface area contributed by atoms with E-state index in [0.717, 1.165) is 44.2 Å². The van der Waals surface area contributed by atoms with E-state index in [-0.39, 0.29) is 11.9 Å². The van der Waals surface area contributed by atoms with Gasteiger partial charge in [-0.3, -0.25) is 19.4 Å². The van der Waals surface area contributed by atoms with Gasteiger partial charge >= 0.3 is 0 Å². The van der Waals surface area contributed by atoms with Crippen molar-refractivity contribution in [1.82, 2.24) is 30.2 Å². The van der Waals surface area contributed by atoms with Crippen LogP contribution in [0, 0.1) is 6.92 Å². The highest BCUT2D eigenvalue weighted by molar-refractivity contribution is 5.92. The predicted octanol–water partition coefficient (Wildman–Crippen LogP) is 0.675. The molecule has 3 rings (SSSR count). The van der Waals surface area contributed by atoms with Gasteiger partial charge in [-0.2, -0.15) is 0 Å². The summed E-state index contributed by atoms with van der Waals surface area (Å²) in [5.74, 6) is -0.206. The Balaban J connectivity index is 1.47. The fourth-order valence-electron chi connectivity index (χ4n) is 2.96. The number of rotatable bonds is 7. The Labute approximate surface area is 153 Å². The third-order valence-electron chi connectivity index (χ3n) is 4.36. The van der Waals surface area contributed by atoms with Gasteiger partial charge in [0.15, 0.2) is 5.69 Å². The SMILES string of the molecule is Cc1cccc(CC(C)NC(=O)c2cn(CCN3CCOCC3)nn2)n1. The quantitative estimate of drug-likeness (QED) is 0.783. The second-order valence-electron chi connectivity index (χ2n) is 6.67. The van der Waals surface area contributed by atoms with Crippen LogP contribution in [0.3, 0.4) is 0 Å². The van der Waals surface area contributed by atoms with Gasteiger partial charge in [-0.1, -0.05) is 11.3 Å². The molecule has 140 valence electrons. The lowest BCUT2D eigenvalue weighted by Gasteiger charge is -2.26. The molecule has 2 aromatic rings. The van der Waals surface area contributed by atoms with Crippen molar-refractivity contribution in [3.8, 4) is 0 Å². The topological polar surface area (TPSA) is 85.2 Å². The molecule has 8 heteroatoms. The van der Waals surface area contributed by atoms with Gasteiger partial charge in [0.25, 0.3) is 5.91 Å². The first kappa shape index (κ1) is 18.5. The smallest absolute Gasteiger partial charge is 0.273 e. The summed E-state index contributed by atoms with van der Waals surface area (Å²) in [7, 11) is 0. The number of carbonyl (C=O) groups excluding carboxylic acids is 1. The maximum absolute atomic E-state index is 12.4. The summed E-state index contributed by atoms with van der Waals surface area (Å²) in [6.45, 7) is 8.94. The van der Waals surface area contributed by atoms with Crippen LogP contribution in [-0.2, 0) is 17.7 Å². The molecule has 1 aliphatic heterocycles. The second-order valence-corrected chi connectivity index (χ2v) is 6.67. The second kappa shape index (κ2) is 8.86. The van der Waals surface area contributed by atoms with Crippen LogP contribution in [0.4, 0.5) is 0 Å². The van der Waals surface area contributed by atoms with Crippen LogP contribution in [0.25, 0.3) is 0 Å². The Bertz CT molecular complexity index is 726. The largest absolute Gasteiger partial charge is 0.379 e. The van der Waals surface area contributed by atoms with E-state index in [0.29, 0.717) is 18.7 Å². The molecule has 26 heavy (non-hydrogen) atoms. The molecule has 1 saturated heterocycles. The molecule has 1 unspecified atom stereocenters. The van der Waals surface area contributed by atoms with E-state index >= 15 is 0 Å². The van der Waals surface area contributed by atoms with Gasteiger partial charge in [0.1, 0.15) is 0 Å². The highest BCUT2D eigenvalue weighted by atomic mass is 16.5. The standard InChI is InChI=1S/C18H26N6O2/c1-14-4-3-5-16(19-14)12-15(2)20-18(25)17-13-24(22-21-17)7-6-23-8-10-26-11-9-23/h3-5,13,15H,6-12H2,1-2H3,(H,20,25). The molecule has 1 atom stereocenters. The molecule has 1 aliphatic rings. The lowest BCUT2D eigenvalue weighted by atomic mass is 10.1. The van der Waals surface area contributed by atoms with E-state index < -0.39 is 0 Å². The van der Waals surface area contributed by atoms with Crippen molar-refractivity contribution in [2.75, 3.05) is 32.8 Å². The number of pyridine rings is 1. The number of carbonyl (C=O) groups is 1. The van der Waals surface area contributed by atoms with Gasteiger partial charge in [0, 0.05) is 43.5 Å². The van der Waals surface area contributed by atoms with Crippen molar-refractivity contribution >= 4 is 5.91 Å². The maximum atomic E-state index is 12.4. The molecule has 0 aromatic carbocycles. The highest BCUT2D eigenvalue weighted by Gasteiger charge is 2.15.